The van der Waals surface area contributed by atoms with E-state index in [-0.39, 0.29) is 0 Å². The first-order valence-electron chi connectivity index (χ1n) is 7.62. The van der Waals surface area contributed by atoms with E-state index in [1.807, 2.05) is 30.3 Å². The molecule has 0 aliphatic rings. The van der Waals surface area contributed by atoms with Gasteiger partial charge in [0.1, 0.15) is 11.4 Å². The molecule has 0 amide bonds. The SMILES string of the molecule is Cc1ccccc1CSc1ncnc2c1nnn2-c1ccccc1. The Bertz CT molecular complexity index is 981. The Hall–Kier alpha value is -2.73. The summed E-state index contributed by atoms with van der Waals surface area (Å²) >= 11 is 1.66. The molecule has 2 heterocycles. The van der Waals surface area contributed by atoms with Crippen molar-refractivity contribution in [1.82, 2.24) is 25.0 Å². The smallest absolute Gasteiger partial charge is 0.187 e. The van der Waals surface area contributed by atoms with E-state index in [1.54, 1.807) is 22.8 Å². The van der Waals surface area contributed by atoms with Gasteiger partial charge in [-0.25, -0.2) is 9.97 Å². The van der Waals surface area contributed by atoms with Gasteiger partial charge < -0.3 is 0 Å². The second-order valence-electron chi connectivity index (χ2n) is 5.40. The zero-order valence-electron chi connectivity index (χ0n) is 13.1. The highest BCUT2D eigenvalue weighted by Crippen LogP contribution is 2.27. The third-order valence-corrected chi connectivity index (χ3v) is 4.86. The number of aromatic nitrogens is 5. The van der Waals surface area contributed by atoms with Gasteiger partial charge in [-0.3, -0.25) is 0 Å². The van der Waals surface area contributed by atoms with Crippen LogP contribution in [0, 0.1) is 6.92 Å². The summed E-state index contributed by atoms with van der Waals surface area (Å²) in [4.78, 5) is 8.76. The Labute approximate surface area is 143 Å². The average Bonchev–Trinajstić information content (AvgIpc) is 3.06. The van der Waals surface area contributed by atoms with Crippen molar-refractivity contribution in [2.45, 2.75) is 17.7 Å². The number of hydrogen-bond acceptors (Lipinski definition) is 5. The van der Waals surface area contributed by atoms with E-state index in [9.17, 15) is 0 Å². The first kappa shape index (κ1) is 14.8. The van der Waals surface area contributed by atoms with Crippen LogP contribution in [0.25, 0.3) is 16.9 Å². The van der Waals surface area contributed by atoms with Crippen molar-refractivity contribution in [2.24, 2.45) is 0 Å². The topological polar surface area (TPSA) is 56.5 Å². The minimum Gasteiger partial charge on any atom is -0.227 e. The van der Waals surface area contributed by atoms with Crippen molar-refractivity contribution in [3.63, 3.8) is 0 Å². The minimum atomic E-state index is 0.725. The van der Waals surface area contributed by atoms with Crippen molar-refractivity contribution in [3.8, 4) is 5.69 Å². The lowest BCUT2D eigenvalue weighted by molar-refractivity contribution is 0.817. The maximum Gasteiger partial charge on any atom is 0.187 e. The van der Waals surface area contributed by atoms with E-state index < -0.39 is 0 Å². The molecule has 0 N–H and O–H groups in total. The van der Waals surface area contributed by atoms with Crippen molar-refractivity contribution in [2.75, 3.05) is 0 Å². The molecule has 0 aliphatic carbocycles. The van der Waals surface area contributed by atoms with E-state index in [1.165, 1.54) is 11.1 Å². The summed E-state index contributed by atoms with van der Waals surface area (Å²) in [6.45, 7) is 2.12. The summed E-state index contributed by atoms with van der Waals surface area (Å²) in [7, 11) is 0. The number of fused-ring (bicyclic) bond motifs is 1. The number of benzene rings is 2. The van der Waals surface area contributed by atoms with E-state index in [4.69, 9.17) is 0 Å². The van der Waals surface area contributed by atoms with Crippen LogP contribution in [-0.2, 0) is 5.75 Å². The molecule has 2 aromatic heterocycles. The summed E-state index contributed by atoms with van der Waals surface area (Å²) in [6, 6.07) is 18.3. The first-order valence-corrected chi connectivity index (χ1v) is 8.60. The predicted octanol–water partition coefficient (Wildman–Crippen LogP) is 3.81. The number of rotatable bonds is 4. The average molecular weight is 333 g/mol. The fourth-order valence-corrected chi connectivity index (χ4v) is 3.50. The second kappa shape index (κ2) is 6.41. The summed E-state index contributed by atoms with van der Waals surface area (Å²) in [5.74, 6) is 0.844. The van der Waals surface area contributed by atoms with Gasteiger partial charge in [-0.1, -0.05) is 59.4 Å². The lowest BCUT2D eigenvalue weighted by Crippen LogP contribution is -1.97. The van der Waals surface area contributed by atoms with Gasteiger partial charge in [0.15, 0.2) is 11.2 Å². The Morgan fingerprint density at radius 1 is 0.958 bits per heavy atom. The minimum absolute atomic E-state index is 0.725. The molecule has 0 saturated heterocycles. The standard InChI is InChI=1S/C18H15N5S/c1-13-7-5-6-8-14(13)11-24-18-16-17(19-12-20-18)23(22-21-16)15-9-3-2-4-10-15/h2-10,12H,11H2,1H3. The highest BCUT2D eigenvalue weighted by molar-refractivity contribution is 7.98. The molecule has 0 bridgehead atoms. The fraction of sp³-hybridized carbons (Fsp3) is 0.111. The molecule has 0 fully saturated rings. The molecule has 0 radical (unpaired) electrons. The summed E-state index contributed by atoms with van der Waals surface area (Å²) in [5, 5.41) is 9.40. The fourth-order valence-electron chi connectivity index (χ4n) is 2.50. The summed E-state index contributed by atoms with van der Waals surface area (Å²) in [6.07, 6.45) is 1.57. The molecule has 4 aromatic rings. The molecular weight excluding hydrogens is 318 g/mol. The molecule has 0 aliphatic heterocycles. The maximum absolute atomic E-state index is 4.39. The van der Waals surface area contributed by atoms with Crippen LogP contribution in [0.3, 0.4) is 0 Å². The van der Waals surface area contributed by atoms with Gasteiger partial charge in [0.05, 0.1) is 5.69 Å². The highest BCUT2D eigenvalue weighted by atomic mass is 32.2. The van der Waals surface area contributed by atoms with E-state index >= 15 is 0 Å². The van der Waals surface area contributed by atoms with E-state index in [0.717, 1.165) is 27.6 Å². The van der Waals surface area contributed by atoms with Crippen LogP contribution in [-0.4, -0.2) is 25.0 Å². The summed E-state index contributed by atoms with van der Waals surface area (Å²) < 4.78 is 1.74. The first-order chi connectivity index (χ1) is 11.8. The van der Waals surface area contributed by atoms with Crippen molar-refractivity contribution in [3.05, 3.63) is 72.1 Å². The van der Waals surface area contributed by atoms with Gasteiger partial charge in [-0.15, -0.1) is 5.10 Å². The van der Waals surface area contributed by atoms with Crippen LogP contribution in [0.5, 0.6) is 0 Å². The van der Waals surface area contributed by atoms with Gasteiger partial charge in [0, 0.05) is 5.75 Å². The van der Waals surface area contributed by atoms with Gasteiger partial charge in [-0.2, -0.15) is 4.68 Å². The molecule has 6 heteroatoms. The van der Waals surface area contributed by atoms with Crippen LogP contribution < -0.4 is 0 Å². The van der Waals surface area contributed by atoms with Crippen LogP contribution in [0.15, 0.2) is 66.0 Å². The molecular formula is C18H15N5S. The van der Waals surface area contributed by atoms with E-state index in [2.05, 4.69) is 51.5 Å². The normalized spacial score (nSPS) is 11.0. The van der Waals surface area contributed by atoms with Crippen LogP contribution >= 0.6 is 11.8 Å². The Morgan fingerprint density at radius 2 is 1.75 bits per heavy atom. The van der Waals surface area contributed by atoms with E-state index in [0.29, 0.717) is 0 Å². The van der Waals surface area contributed by atoms with Crippen LogP contribution in [0.4, 0.5) is 0 Å². The Balaban J connectivity index is 1.68. The predicted molar refractivity (Wildman–Crippen MR) is 95.2 cm³/mol. The van der Waals surface area contributed by atoms with Crippen LogP contribution in [0.1, 0.15) is 11.1 Å². The van der Waals surface area contributed by atoms with Gasteiger partial charge in [0.25, 0.3) is 0 Å². The van der Waals surface area contributed by atoms with Gasteiger partial charge in [-0.05, 0) is 30.2 Å². The van der Waals surface area contributed by atoms with Crippen LogP contribution in [0.2, 0.25) is 0 Å². The zero-order valence-corrected chi connectivity index (χ0v) is 13.9. The molecule has 2 aromatic carbocycles. The largest absolute Gasteiger partial charge is 0.227 e. The number of hydrogen-bond donors (Lipinski definition) is 0. The molecule has 0 atom stereocenters. The Kier molecular flexibility index (Phi) is 3.96. The third kappa shape index (κ3) is 2.76. The summed E-state index contributed by atoms with van der Waals surface area (Å²) in [5.41, 5.74) is 4.98. The van der Waals surface area contributed by atoms with Crippen molar-refractivity contribution >= 4 is 22.9 Å². The zero-order chi connectivity index (χ0) is 16.4. The maximum atomic E-state index is 4.39. The highest BCUT2D eigenvalue weighted by Gasteiger charge is 2.13. The molecule has 5 nitrogen and oxygen atoms in total. The van der Waals surface area contributed by atoms with Crippen molar-refractivity contribution < 1.29 is 0 Å². The van der Waals surface area contributed by atoms with Gasteiger partial charge in [0.2, 0.25) is 0 Å². The molecule has 0 saturated carbocycles. The molecule has 118 valence electrons. The Morgan fingerprint density at radius 3 is 2.58 bits per heavy atom. The quantitative estimate of drug-likeness (QED) is 0.420. The lowest BCUT2D eigenvalue weighted by atomic mass is 10.1. The van der Waals surface area contributed by atoms with Gasteiger partial charge >= 0.3 is 0 Å². The molecule has 4 rings (SSSR count). The number of para-hydroxylation sites is 1. The molecule has 24 heavy (non-hydrogen) atoms. The molecule has 0 unspecified atom stereocenters. The third-order valence-electron chi connectivity index (χ3n) is 3.83. The molecule has 0 spiro atoms. The monoisotopic (exact) mass is 333 g/mol. The number of aryl methyl sites for hydroxylation is 1. The lowest BCUT2D eigenvalue weighted by Gasteiger charge is -2.05. The second-order valence-corrected chi connectivity index (χ2v) is 6.37. The number of thioether (sulfide) groups is 1. The van der Waals surface area contributed by atoms with Crippen molar-refractivity contribution in [1.29, 1.82) is 0 Å². The number of nitrogens with zero attached hydrogens (tertiary/aromatic N) is 5.